The Labute approximate surface area is 343 Å². The van der Waals surface area contributed by atoms with Crippen LogP contribution in [0.2, 0.25) is 0 Å². The summed E-state index contributed by atoms with van der Waals surface area (Å²) in [5.74, 6) is 0. The average Bonchev–Trinajstić information content (AvgIpc) is 3.27. The largest absolute Gasteiger partial charge is 0.285 e. The van der Waals surface area contributed by atoms with E-state index in [0.717, 1.165) is 29.0 Å². The highest BCUT2D eigenvalue weighted by molar-refractivity contribution is 6.22. The van der Waals surface area contributed by atoms with E-state index in [4.69, 9.17) is 4.99 Å². The van der Waals surface area contributed by atoms with Crippen LogP contribution in [0.15, 0.2) is 181 Å². The van der Waals surface area contributed by atoms with Gasteiger partial charge in [0.05, 0.1) is 5.71 Å². The Morgan fingerprint density at radius 2 is 0.842 bits per heavy atom. The molecule has 0 radical (unpaired) electrons. The summed E-state index contributed by atoms with van der Waals surface area (Å²) in [5, 5.41) is 4.96. The Bertz CT molecular complexity index is 2410. The fourth-order valence-corrected chi connectivity index (χ4v) is 7.00. The zero-order valence-corrected chi connectivity index (χ0v) is 35.7. The molecule has 0 atom stereocenters. The van der Waals surface area contributed by atoms with Crippen molar-refractivity contribution in [3.63, 3.8) is 0 Å². The van der Waals surface area contributed by atoms with Crippen molar-refractivity contribution in [1.29, 1.82) is 0 Å². The van der Waals surface area contributed by atoms with Crippen LogP contribution in [-0.2, 0) is 0 Å². The van der Waals surface area contributed by atoms with Gasteiger partial charge < -0.3 is 0 Å². The molecule has 7 rings (SSSR count). The molecule has 290 valence electrons. The van der Waals surface area contributed by atoms with Gasteiger partial charge >= 0.3 is 0 Å². The van der Waals surface area contributed by atoms with Gasteiger partial charge in [-0.3, -0.25) is 4.99 Å². The summed E-state index contributed by atoms with van der Waals surface area (Å²) in [6, 6.07) is 53.2. The first-order valence-corrected chi connectivity index (χ1v) is 20.9. The smallest absolute Gasteiger partial charge is 0.0643 e. The lowest BCUT2D eigenvalue weighted by Gasteiger charge is -2.20. The molecule has 0 unspecified atom stereocenters. The monoisotopic (exact) mass is 747 g/mol. The molecule has 0 aliphatic carbocycles. The van der Waals surface area contributed by atoms with Gasteiger partial charge in [0.25, 0.3) is 0 Å². The van der Waals surface area contributed by atoms with E-state index in [1.54, 1.807) is 0 Å². The van der Waals surface area contributed by atoms with Crippen LogP contribution in [0.5, 0.6) is 0 Å². The molecule has 0 saturated heterocycles. The molecule has 7 aromatic carbocycles. The molecule has 0 fully saturated rings. The summed E-state index contributed by atoms with van der Waals surface area (Å²) in [6.07, 6.45) is 9.47. The van der Waals surface area contributed by atoms with Gasteiger partial charge in [-0.05, 0) is 122 Å². The molecule has 7 aromatic rings. The summed E-state index contributed by atoms with van der Waals surface area (Å²) in [7, 11) is 0. The molecule has 0 aromatic heterocycles. The first-order valence-electron chi connectivity index (χ1n) is 20.9. The second kappa shape index (κ2) is 22.5. The number of rotatable bonds is 9. The quantitative estimate of drug-likeness (QED) is 0.0792. The van der Waals surface area contributed by atoms with E-state index in [-0.39, 0.29) is 0 Å². The van der Waals surface area contributed by atoms with Crippen LogP contribution < -0.4 is 0 Å². The molecule has 0 spiro atoms. The molecule has 0 aliphatic rings. The highest BCUT2D eigenvalue weighted by atomic mass is 14.7. The molecule has 0 saturated carbocycles. The minimum absolute atomic E-state index is 0.757. The van der Waals surface area contributed by atoms with Gasteiger partial charge in [-0.1, -0.05) is 206 Å². The van der Waals surface area contributed by atoms with Crippen LogP contribution in [-0.4, -0.2) is 12.3 Å². The maximum Gasteiger partial charge on any atom is 0.0643 e. The molecule has 57 heavy (non-hydrogen) atoms. The molecule has 0 aliphatic heterocycles. The Morgan fingerprint density at radius 1 is 0.456 bits per heavy atom. The van der Waals surface area contributed by atoms with E-state index in [1.165, 1.54) is 72.5 Å². The van der Waals surface area contributed by atoms with Crippen molar-refractivity contribution in [1.82, 2.24) is 0 Å². The Balaban J connectivity index is 0.000000969. The number of allylic oxidation sites excluding steroid dienone is 5. The van der Waals surface area contributed by atoms with Gasteiger partial charge in [-0.2, -0.15) is 0 Å². The number of hydrogen-bond acceptors (Lipinski definition) is 1. The fraction of sp³-hybridized carbons (Fsp3) is 0.196. The molecule has 0 amide bonds. The third-order valence-electron chi connectivity index (χ3n) is 9.37. The van der Waals surface area contributed by atoms with Crippen LogP contribution in [0.4, 0.5) is 0 Å². The predicted molar refractivity (Wildman–Crippen MR) is 258 cm³/mol. The number of aliphatic imine (C=N–C) groups is 1. The second-order valence-electron chi connectivity index (χ2n) is 13.2. The average molecular weight is 748 g/mol. The standard InChI is InChI=1S/C49H41N.C3H8.2C2H6/c1-5-14-34(4)35-20-22-36(23-21-35)41-28-30-43-45(32-41)48(39-16-10-8-11-17-39)44-31-29-42(33-46(44)49(43)40-18-12-9-13-19-40)37-24-26-38(27-25-37)47(15-6-2)50-7-3;1-3-2;2*1-2/h5-6,8-33H,4,7H2,1-3H3;3H2,1-2H3;2*1-2H3/b14-5-,15-6-,50-47?;;;. The number of fused-ring (bicyclic) bond motifs is 2. The third-order valence-corrected chi connectivity index (χ3v) is 9.37. The zero-order valence-electron chi connectivity index (χ0n) is 35.7. The molecule has 0 bridgehead atoms. The van der Waals surface area contributed by atoms with E-state index in [2.05, 4.69) is 185 Å². The first-order chi connectivity index (χ1) is 28.0. The summed E-state index contributed by atoms with van der Waals surface area (Å²) in [6.45, 7) is 23.4. The molecule has 1 nitrogen and oxygen atoms in total. The van der Waals surface area contributed by atoms with Crippen molar-refractivity contribution in [3.05, 3.63) is 188 Å². The number of hydrogen-bond donors (Lipinski definition) is 0. The van der Waals surface area contributed by atoms with Gasteiger partial charge in [0.1, 0.15) is 0 Å². The van der Waals surface area contributed by atoms with Gasteiger partial charge in [0.2, 0.25) is 0 Å². The van der Waals surface area contributed by atoms with Crippen LogP contribution in [0.3, 0.4) is 0 Å². The second-order valence-corrected chi connectivity index (χ2v) is 13.2. The van der Waals surface area contributed by atoms with E-state index in [9.17, 15) is 0 Å². The van der Waals surface area contributed by atoms with Crippen molar-refractivity contribution in [2.45, 2.75) is 68.7 Å². The minimum Gasteiger partial charge on any atom is -0.285 e. The summed E-state index contributed by atoms with van der Waals surface area (Å²) in [4.78, 5) is 4.71. The Morgan fingerprint density at radius 3 is 1.23 bits per heavy atom. The fourth-order valence-electron chi connectivity index (χ4n) is 7.00. The zero-order chi connectivity index (χ0) is 41.2. The summed E-state index contributed by atoms with van der Waals surface area (Å²) < 4.78 is 0. The third kappa shape index (κ3) is 10.4. The van der Waals surface area contributed by atoms with Crippen LogP contribution in [0.1, 0.15) is 79.9 Å². The first kappa shape index (κ1) is 43.7. The van der Waals surface area contributed by atoms with Crippen molar-refractivity contribution < 1.29 is 0 Å². The van der Waals surface area contributed by atoms with E-state index in [0.29, 0.717) is 0 Å². The maximum absolute atomic E-state index is 4.71. The highest BCUT2D eigenvalue weighted by Gasteiger charge is 2.18. The molecule has 0 heterocycles. The minimum atomic E-state index is 0.757. The number of nitrogens with zero attached hydrogens (tertiary/aromatic N) is 1. The molecular formula is C56H61N. The van der Waals surface area contributed by atoms with Crippen molar-refractivity contribution in [2.75, 3.05) is 6.54 Å². The van der Waals surface area contributed by atoms with E-state index >= 15 is 0 Å². The van der Waals surface area contributed by atoms with E-state index in [1.807, 2.05) is 53.7 Å². The summed E-state index contributed by atoms with van der Waals surface area (Å²) >= 11 is 0. The van der Waals surface area contributed by atoms with Crippen LogP contribution in [0, 0.1) is 0 Å². The topological polar surface area (TPSA) is 12.4 Å². The van der Waals surface area contributed by atoms with Crippen LogP contribution in [0.25, 0.3) is 71.6 Å². The van der Waals surface area contributed by atoms with Gasteiger partial charge in [-0.25, -0.2) is 0 Å². The Hall–Kier alpha value is -6.05. The van der Waals surface area contributed by atoms with Crippen molar-refractivity contribution in [3.8, 4) is 44.5 Å². The Kier molecular flexibility index (Phi) is 17.2. The SMILES string of the molecule is C=C(/C=C\C)c1ccc(-c2ccc3c(-c4ccccc4)c4cc(-c5ccc(C(/C=C\C)=NCC)cc5)ccc4c(-c4ccccc4)c3c2)cc1.CC.CC.CCC. The lowest BCUT2D eigenvalue weighted by Crippen LogP contribution is -1.97. The molecule has 0 N–H and O–H groups in total. The lowest BCUT2D eigenvalue weighted by molar-refractivity contribution is 1.09. The van der Waals surface area contributed by atoms with E-state index < -0.39 is 0 Å². The normalized spacial score (nSPS) is 11.1. The van der Waals surface area contributed by atoms with Crippen LogP contribution >= 0.6 is 0 Å². The van der Waals surface area contributed by atoms with Gasteiger partial charge in [0, 0.05) is 6.54 Å². The van der Waals surface area contributed by atoms with Crippen molar-refractivity contribution >= 4 is 32.8 Å². The molecular weight excluding hydrogens is 687 g/mol. The highest BCUT2D eigenvalue weighted by Crippen LogP contribution is 2.46. The predicted octanol–water partition coefficient (Wildman–Crippen LogP) is 17.1. The van der Waals surface area contributed by atoms with Gasteiger partial charge in [-0.15, -0.1) is 0 Å². The van der Waals surface area contributed by atoms with Crippen molar-refractivity contribution in [2.24, 2.45) is 4.99 Å². The maximum atomic E-state index is 4.71. The van der Waals surface area contributed by atoms with Gasteiger partial charge in [0.15, 0.2) is 0 Å². The lowest BCUT2D eigenvalue weighted by atomic mass is 9.84. The number of benzene rings is 7. The summed E-state index contributed by atoms with van der Waals surface area (Å²) in [5.41, 5.74) is 14.0. The molecule has 1 heteroatoms.